The minimum Gasteiger partial charge on any atom is -0.300 e. The lowest BCUT2D eigenvalue weighted by Crippen LogP contribution is -2.41. The number of unbranched alkanes of at least 4 members (excludes halogenated alkanes) is 1. The number of hydrogen-bond donors (Lipinski definition) is 0. The van der Waals surface area contributed by atoms with Gasteiger partial charge < -0.3 is 4.90 Å². The van der Waals surface area contributed by atoms with E-state index in [4.69, 9.17) is 0 Å². The van der Waals surface area contributed by atoms with Crippen molar-refractivity contribution in [3.8, 4) is 0 Å². The van der Waals surface area contributed by atoms with Crippen LogP contribution in [0.2, 0.25) is 0 Å². The Morgan fingerprint density at radius 2 is 1.44 bits per heavy atom. The van der Waals surface area contributed by atoms with Gasteiger partial charge in [-0.2, -0.15) is 0 Å². The second-order valence-electron chi connectivity index (χ2n) is 6.64. The van der Waals surface area contributed by atoms with Crippen molar-refractivity contribution in [1.82, 2.24) is 4.90 Å². The highest BCUT2D eigenvalue weighted by molar-refractivity contribution is 4.79. The summed E-state index contributed by atoms with van der Waals surface area (Å²) < 4.78 is 0. The molecule has 2 aliphatic carbocycles. The van der Waals surface area contributed by atoms with Crippen LogP contribution in [0.25, 0.3) is 0 Å². The molecule has 0 amide bonds. The molecule has 2 rings (SSSR count). The maximum Gasteiger partial charge on any atom is 0.00953 e. The summed E-state index contributed by atoms with van der Waals surface area (Å²) >= 11 is 0. The summed E-state index contributed by atoms with van der Waals surface area (Å²) in [7, 11) is 0. The van der Waals surface area contributed by atoms with Gasteiger partial charge in [-0.3, -0.25) is 0 Å². The topological polar surface area (TPSA) is 3.24 Å². The van der Waals surface area contributed by atoms with E-state index in [9.17, 15) is 0 Å². The minimum absolute atomic E-state index is 0.937. The zero-order valence-electron chi connectivity index (χ0n) is 12.5. The largest absolute Gasteiger partial charge is 0.300 e. The molecule has 106 valence electrons. The van der Waals surface area contributed by atoms with Crippen molar-refractivity contribution in [3.63, 3.8) is 0 Å². The van der Waals surface area contributed by atoms with Gasteiger partial charge in [0.15, 0.2) is 0 Å². The van der Waals surface area contributed by atoms with Gasteiger partial charge >= 0.3 is 0 Å². The molecule has 0 radical (unpaired) electrons. The van der Waals surface area contributed by atoms with Crippen LogP contribution in [0, 0.1) is 5.92 Å². The lowest BCUT2D eigenvalue weighted by molar-refractivity contribution is 0.119. The first-order valence-corrected chi connectivity index (χ1v) is 8.64. The molecule has 0 bridgehead atoms. The average molecular weight is 251 g/mol. The van der Waals surface area contributed by atoms with Crippen molar-refractivity contribution in [1.29, 1.82) is 0 Å². The summed E-state index contributed by atoms with van der Waals surface area (Å²) in [6.45, 7) is 5.13. The smallest absolute Gasteiger partial charge is 0.00953 e. The molecule has 0 atom stereocenters. The van der Waals surface area contributed by atoms with Gasteiger partial charge in [0, 0.05) is 12.6 Å². The maximum atomic E-state index is 2.89. The van der Waals surface area contributed by atoms with Gasteiger partial charge in [-0.1, -0.05) is 51.9 Å². The Morgan fingerprint density at radius 3 is 2.06 bits per heavy atom. The van der Waals surface area contributed by atoms with E-state index in [2.05, 4.69) is 11.8 Å². The van der Waals surface area contributed by atoms with Crippen LogP contribution in [-0.4, -0.2) is 24.0 Å². The van der Waals surface area contributed by atoms with Gasteiger partial charge in [-0.05, 0) is 44.6 Å². The quantitative estimate of drug-likeness (QED) is 0.642. The Morgan fingerprint density at radius 1 is 0.833 bits per heavy atom. The van der Waals surface area contributed by atoms with Gasteiger partial charge in [0.2, 0.25) is 0 Å². The van der Waals surface area contributed by atoms with E-state index in [-0.39, 0.29) is 0 Å². The third kappa shape index (κ3) is 4.57. The van der Waals surface area contributed by atoms with E-state index in [1.807, 2.05) is 0 Å². The first-order valence-electron chi connectivity index (χ1n) is 8.64. The Bertz CT molecular complexity index is 202. The molecule has 2 saturated carbocycles. The van der Waals surface area contributed by atoms with Crippen LogP contribution >= 0.6 is 0 Å². The van der Waals surface area contributed by atoms with Gasteiger partial charge in [0.25, 0.3) is 0 Å². The van der Waals surface area contributed by atoms with E-state index >= 15 is 0 Å². The molecule has 0 spiro atoms. The van der Waals surface area contributed by atoms with Crippen molar-refractivity contribution in [2.45, 2.75) is 90.0 Å². The third-order valence-corrected chi connectivity index (χ3v) is 5.11. The van der Waals surface area contributed by atoms with Crippen molar-refractivity contribution in [2.75, 3.05) is 13.1 Å². The van der Waals surface area contributed by atoms with E-state index in [0.29, 0.717) is 0 Å². The molecule has 2 aliphatic rings. The summed E-state index contributed by atoms with van der Waals surface area (Å²) in [5.74, 6) is 1.03. The number of hydrogen-bond acceptors (Lipinski definition) is 1. The van der Waals surface area contributed by atoms with Crippen molar-refractivity contribution in [2.24, 2.45) is 5.92 Å². The molecule has 0 aliphatic heterocycles. The van der Waals surface area contributed by atoms with E-state index in [0.717, 1.165) is 12.0 Å². The van der Waals surface area contributed by atoms with Crippen LogP contribution in [0.1, 0.15) is 84.0 Å². The Balaban J connectivity index is 1.82. The fourth-order valence-electron chi connectivity index (χ4n) is 3.93. The van der Waals surface area contributed by atoms with E-state index in [1.54, 1.807) is 0 Å². The summed E-state index contributed by atoms with van der Waals surface area (Å²) in [5.41, 5.74) is 0. The van der Waals surface area contributed by atoms with Gasteiger partial charge in [-0.25, -0.2) is 0 Å². The molecule has 18 heavy (non-hydrogen) atoms. The Labute approximate surface area is 114 Å². The van der Waals surface area contributed by atoms with E-state index in [1.165, 1.54) is 90.1 Å². The number of rotatable bonds is 6. The van der Waals surface area contributed by atoms with Crippen LogP contribution in [0.15, 0.2) is 0 Å². The molecule has 1 nitrogen and oxygen atoms in total. The van der Waals surface area contributed by atoms with Gasteiger partial charge in [0.1, 0.15) is 0 Å². The molecule has 0 unspecified atom stereocenters. The van der Waals surface area contributed by atoms with Crippen LogP contribution < -0.4 is 0 Å². The standard InChI is InChI=1S/C17H33N/c1-2-3-14-18(17-12-8-5-9-13-17)15-16-10-6-4-7-11-16/h16-17H,2-15H2,1H3. The van der Waals surface area contributed by atoms with Crippen LogP contribution in [0.3, 0.4) is 0 Å². The zero-order chi connectivity index (χ0) is 12.6. The zero-order valence-corrected chi connectivity index (χ0v) is 12.5. The molecular formula is C17H33N. The summed E-state index contributed by atoms with van der Waals surface area (Å²) in [6, 6.07) is 0.937. The van der Waals surface area contributed by atoms with Crippen molar-refractivity contribution < 1.29 is 0 Å². The molecule has 0 saturated heterocycles. The van der Waals surface area contributed by atoms with Gasteiger partial charge in [0.05, 0.1) is 0 Å². The monoisotopic (exact) mass is 251 g/mol. The maximum absolute atomic E-state index is 2.89. The molecule has 0 heterocycles. The molecule has 0 aromatic heterocycles. The van der Waals surface area contributed by atoms with Gasteiger partial charge in [-0.15, -0.1) is 0 Å². The summed E-state index contributed by atoms with van der Waals surface area (Å²) in [4.78, 5) is 2.89. The molecule has 0 aromatic carbocycles. The third-order valence-electron chi connectivity index (χ3n) is 5.11. The predicted molar refractivity (Wildman–Crippen MR) is 79.9 cm³/mol. The Kier molecular flexibility index (Phi) is 6.54. The fraction of sp³-hybridized carbons (Fsp3) is 1.00. The molecule has 0 N–H and O–H groups in total. The highest BCUT2D eigenvalue weighted by Crippen LogP contribution is 2.28. The molecule has 0 aromatic rings. The lowest BCUT2D eigenvalue weighted by atomic mass is 9.87. The predicted octanol–water partition coefficient (Wildman–Crippen LogP) is 5.00. The van der Waals surface area contributed by atoms with Crippen LogP contribution in [0.5, 0.6) is 0 Å². The van der Waals surface area contributed by atoms with Crippen LogP contribution in [-0.2, 0) is 0 Å². The second-order valence-corrected chi connectivity index (χ2v) is 6.64. The first kappa shape index (κ1) is 14.4. The average Bonchev–Trinajstić information content (AvgIpc) is 2.45. The van der Waals surface area contributed by atoms with Crippen molar-refractivity contribution >= 4 is 0 Å². The fourth-order valence-corrected chi connectivity index (χ4v) is 3.93. The lowest BCUT2D eigenvalue weighted by Gasteiger charge is -2.37. The van der Waals surface area contributed by atoms with Crippen molar-refractivity contribution in [3.05, 3.63) is 0 Å². The number of nitrogens with zero attached hydrogens (tertiary/aromatic N) is 1. The minimum atomic E-state index is 0.937. The molecular weight excluding hydrogens is 218 g/mol. The first-order chi connectivity index (χ1) is 8.90. The summed E-state index contributed by atoms with van der Waals surface area (Å²) in [5, 5.41) is 0. The van der Waals surface area contributed by atoms with Crippen LogP contribution in [0.4, 0.5) is 0 Å². The molecule has 2 fully saturated rings. The highest BCUT2D eigenvalue weighted by Gasteiger charge is 2.24. The van der Waals surface area contributed by atoms with E-state index < -0.39 is 0 Å². The Hall–Kier alpha value is -0.0400. The second kappa shape index (κ2) is 8.19. The molecule has 1 heteroatoms. The SMILES string of the molecule is CCCCN(CC1CCCCC1)C1CCCCC1. The normalized spacial score (nSPS) is 23.7. The highest BCUT2D eigenvalue weighted by atomic mass is 15.2. The summed E-state index contributed by atoms with van der Waals surface area (Å²) in [6.07, 6.45) is 17.7.